The summed E-state index contributed by atoms with van der Waals surface area (Å²) in [6.45, 7) is 4.58. The van der Waals surface area contributed by atoms with Gasteiger partial charge in [-0.3, -0.25) is 0 Å². The predicted octanol–water partition coefficient (Wildman–Crippen LogP) is 7.89. The molecule has 0 saturated heterocycles. The molecule has 3 aromatic rings. The number of aliphatic imine (C=N–C) groups is 1. The van der Waals surface area contributed by atoms with E-state index in [1.165, 1.54) is 26.5 Å². The molecule has 0 aromatic heterocycles. The molecule has 0 amide bonds. The Morgan fingerprint density at radius 1 is 0.800 bits per heavy atom. The van der Waals surface area contributed by atoms with Crippen molar-refractivity contribution in [3.8, 4) is 0 Å². The summed E-state index contributed by atoms with van der Waals surface area (Å²) < 4.78 is 0. The molecule has 0 bridgehead atoms. The highest BCUT2D eigenvalue weighted by molar-refractivity contribution is 8.04. The highest BCUT2D eigenvalue weighted by Crippen LogP contribution is 2.47. The van der Waals surface area contributed by atoms with Gasteiger partial charge >= 0.3 is 0 Å². The molecule has 0 N–H and O–H groups in total. The molecule has 148 valence electrons. The summed E-state index contributed by atoms with van der Waals surface area (Å²) >= 11 is 1.86. The van der Waals surface area contributed by atoms with Crippen LogP contribution in [0.2, 0.25) is 0 Å². The van der Waals surface area contributed by atoms with Crippen molar-refractivity contribution in [2.75, 3.05) is 0 Å². The first-order valence-electron chi connectivity index (χ1n) is 10.6. The van der Waals surface area contributed by atoms with Crippen molar-refractivity contribution < 1.29 is 0 Å². The summed E-state index contributed by atoms with van der Waals surface area (Å²) in [7, 11) is 0. The summed E-state index contributed by atoms with van der Waals surface area (Å²) in [5, 5.41) is 0. The summed E-state index contributed by atoms with van der Waals surface area (Å²) in [4.78, 5) is 7.66. The van der Waals surface area contributed by atoms with Crippen LogP contribution in [-0.4, -0.2) is 5.71 Å². The Bertz CT molecular complexity index is 1140. The van der Waals surface area contributed by atoms with Gasteiger partial charge < -0.3 is 0 Å². The lowest BCUT2D eigenvalue weighted by atomic mass is 9.85. The van der Waals surface area contributed by atoms with Crippen LogP contribution in [-0.2, 0) is 0 Å². The molecule has 1 aliphatic carbocycles. The molecule has 2 aliphatic rings. The minimum Gasteiger partial charge on any atom is -0.246 e. The highest BCUT2D eigenvalue weighted by atomic mass is 32.2. The normalized spacial score (nSPS) is 19.2. The molecular formula is C28H25NS. The lowest BCUT2D eigenvalue weighted by molar-refractivity contribution is 0.645. The Labute approximate surface area is 183 Å². The van der Waals surface area contributed by atoms with Gasteiger partial charge in [-0.05, 0) is 34.8 Å². The van der Waals surface area contributed by atoms with Gasteiger partial charge in [0.1, 0.15) is 0 Å². The molecule has 1 nitrogen and oxygen atoms in total. The molecule has 0 saturated carbocycles. The van der Waals surface area contributed by atoms with Gasteiger partial charge in [0.2, 0.25) is 0 Å². The Morgan fingerprint density at radius 3 is 2.23 bits per heavy atom. The topological polar surface area (TPSA) is 12.4 Å². The maximum Gasteiger partial charge on any atom is 0.0814 e. The SMILES string of the molecule is CC(c1ccccc1)c1cccc2c1N=C1C=CC(C(C)c3ccccc3)C=C1S2. The van der Waals surface area contributed by atoms with Crippen LogP contribution in [0, 0.1) is 5.92 Å². The molecule has 3 unspecified atom stereocenters. The van der Waals surface area contributed by atoms with E-state index < -0.39 is 0 Å². The van der Waals surface area contributed by atoms with Crippen molar-refractivity contribution in [1.82, 2.24) is 0 Å². The monoisotopic (exact) mass is 407 g/mol. The number of thioether (sulfide) groups is 1. The molecule has 1 aliphatic heterocycles. The number of hydrogen-bond acceptors (Lipinski definition) is 2. The van der Waals surface area contributed by atoms with Crippen molar-refractivity contribution >= 4 is 23.2 Å². The molecule has 0 radical (unpaired) electrons. The van der Waals surface area contributed by atoms with Crippen LogP contribution in [0.25, 0.3) is 0 Å². The lowest BCUT2D eigenvalue weighted by Gasteiger charge is -2.27. The number of allylic oxidation sites excluding steroid dienone is 4. The third-order valence-electron chi connectivity index (χ3n) is 6.22. The molecule has 2 heteroatoms. The first-order chi connectivity index (χ1) is 14.7. The van der Waals surface area contributed by atoms with Gasteiger partial charge in [0.05, 0.1) is 11.4 Å². The summed E-state index contributed by atoms with van der Waals surface area (Å²) in [6, 6.07) is 28.1. The van der Waals surface area contributed by atoms with E-state index in [9.17, 15) is 0 Å². The number of nitrogens with zero attached hydrogens (tertiary/aromatic N) is 1. The average Bonchev–Trinajstić information content (AvgIpc) is 2.82. The van der Waals surface area contributed by atoms with Crippen molar-refractivity contribution in [3.63, 3.8) is 0 Å². The Hall–Kier alpha value is -2.84. The number of hydrogen-bond donors (Lipinski definition) is 0. The summed E-state index contributed by atoms with van der Waals surface area (Å²) in [5.74, 6) is 1.15. The Balaban J connectivity index is 1.47. The van der Waals surface area contributed by atoms with Crippen molar-refractivity contribution in [2.45, 2.75) is 30.6 Å². The third-order valence-corrected chi connectivity index (χ3v) is 7.34. The smallest absolute Gasteiger partial charge is 0.0814 e. The van der Waals surface area contributed by atoms with Gasteiger partial charge in [0, 0.05) is 21.6 Å². The van der Waals surface area contributed by atoms with Gasteiger partial charge in [-0.1, -0.05) is 111 Å². The Morgan fingerprint density at radius 2 is 1.50 bits per heavy atom. The number of rotatable bonds is 4. The highest BCUT2D eigenvalue weighted by Gasteiger charge is 2.26. The van der Waals surface area contributed by atoms with Crippen LogP contribution in [0.15, 0.2) is 112 Å². The molecule has 0 fully saturated rings. The molecular weight excluding hydrogens is 382 g/mol. The number of benzene rings is 3. The average molecular weight is 408 g/mol. The molecule has 1 heterocycles. The third kappa shape index (κ3) is 3.57. The van der Waals surface area contributed by atoms with Crippen LogP contribution < -0.4 is 0 Å². The number of para-hydroxylation sites is 1. The first kappa shape index (κ1) is 19.1. The fourth-order valence-electron chi connectivity index (χ4n) is 4.32. The zero-order valence-corrected chi connectivity index (χ0v) is 18.1. The van der Waals surface area contributed by atoms with E-state index >= 15 is 0 Å². The van der Waals surface area contributed by atoms with Crippen LogP contribution in [0.1, 0.15) is 42.4 Å². The maximum absolute atomic E-state index is 5.12. The van der Waals surface area contributed by atoms with Crippen LogP contribution in [0.3, 0.4) is 0 Å². The molecule has 0 spiro atoms. The first-order valence-corrected chi connectivity index (χ1v) is 11.4. The zero-order valence-electron chi connectivity index (χ0n) is 17.3. The van der Waals surface area contributed by atoms with E-state index in [0.717, 1.165) is 11.4 Å². The minimum absolute atomic E-state index is 0.315. The second-order valence-electron chi connectivity index (χ2n) is 8.09. The summed E-state index contributed by atoms with van der Waals surface area (Å²) in [5.41, 5.74) is 6.23. The van der Waals surface area contributed by atoms with Gasteiger partial charge in [0.25, 0.3) is 0 Å². The van der Waals surface area contributed by atoms with Crippen molar-refractivity contribution in [1.29, 1.82) is 0 Å². The van der Waals surface area contributed by atoms with Crippen molar-refractivity contribution in [2.24, 2.45) is 10.9 Å². The largest absolute Gasteiger partial charge is 0.246 e. The predicted molar refractivity (Wildman–Crippen MR) is 129 cm³/mol. The van der Waals surface area contributed by atoms with Gasteiger partial charge in [-0.2, -0.15) is 0 Å². The maximum atomic E-state index is 5.12. The quantitative estimate of drug-likeness (QED) is 0.428. The van der Waals surface area contributed by atoms with Crippen LogP contribution in [0.5, 0.6) is 0 Å². The van der Waals surface area contributed by atoms with Gasteiger partial charge in [-0.15, -0.1) is 0 Å². The van der Waals surface area contributed by atoms with E-state index in [4.69, 9.17) is 4.99 Å². The minimum atomic E-state index is 0.315. The second kappa shape index (κ2) is 8.12. The Kier molecular flexibility index (Phi) is 5.18. The van der Waals surface area contributed by atoms with E-state index in [2.05, 4.69) is 111 Å². The van der Waals surface area contributed by atoms with Gasteiger partial charge in [0.15, 0.2) is 0 Å². The lowest BCUT2D eigenvalue weighted by Crippen LogP contribution is -2.14. The zero-order chi connectivity index (χ0) is 20.5. The molecule has 3 atom stereocenters. The van der Waals surface area contributed by atoms with E-state index in [1.54, 1.807) is 0 Å². The van der Waals surface area contributed by atoms with Crippen molar-refractivity contribution in [3.05, 3.63) is 119 Å². The standard InChI is InChI=1S/C28H25NS/c1-19(21-10-5-3-6-11-21)23-16-17-25-27(18-23)30-26-15-9-14-24(28(26)29-25)20(2)22-12-7-4-8-13-22/h3-20,23H,1-2H3. The van der Waals surface area contributed by atoms with E-state index in [0.29, 0.717) is 17.8 Å². The molecule has 30 heavy (non-hydrogen) atoms. The van der Waals surface area contributed by atoms with Crippen LogP contribution in [0.4, 0.5) is 5.69 Å². The van der Waals surface area contributed by atoms with E-state index in [-0.39, 0.29) is 0 Å². The van der Waals surface area contributed by atoms with E-state index in [1.807, 2.05) is 11.8 Å². The van der Waals surface area contributed by atoms with Gasteiger partial charge in [-0.25, -0.2) is 4.99 Å². The molecule has 5 rings (SSSR count). The molecule has 3 aromatic carbocycles. The number of fused-ring (bicyclic) bond motifs is 2. The fraction of sp³-hybridized carbons (Fsp3) is 0.179. The van der Waals surface area contributed by atoms with Crippen LogP contribution >= 0.6 is 11.8 Å². The second-order valence-corrected chi connectivity index (χ2v) is 9.18. The fourth-order valence-corrected chi connectivity index (χ4v) is 5.41. The summed E-state index contributed by atoms with van der Waals surface area (Å²) in [6.07, 6.45) is 6.94.